The molecule has 6 nitrogen and oxygen atoms in total. The number of aromatic amines is 1. The van der Waals surface area contributed by atoms with Gasteiger partial charge in [0.05, 0.1) is 6.20 Å². The molecule has 1 aliphatic carbocycles. The van der Waals surface area contributed by atoms with Gasteiger partial charge in [-0.3, -0.25) is 5.10 Å². The number of rotatable bonds is 6. The van der Waals surface area contributed by atoms with Gasteiger partial charge in [0, 0.05) is 12.6 Å². The molecule has 1 fully saturated rings. The number of nitrogens with one attached hydrogen (secondary N) is 1. The normalized spacial score (nSPS) is 16.7. The van der Waals surface area contributed by atoms with Crippen molar-refractivity contribution in [2.24, 2.45) is 5.92 Å². The van der Waals surface area contributed by atoms with Gasteiger partial charge in [-0.15, -0.1) is 0 Å². The summed E-state index contributed by atoms with van der Waals surface area (Å²) in [6.45, 7) is 4.73. The highest BCUT2D eigenvalue weighted by Crippen LogP contribution is 2.33. The number of aromatic nitrogens is 2. The molecule has 0 aromatic carbocycles. The Morgan fingerprint density at radius 1 is 1.56 bits per heavy atom. The maximum absolute atomic E-state index is 12.5. The lowest BCUT2D eigenvalue weighted by atomic mass is 10.1. The summed E-state index contributed by atoms with van der Waals surface area (Å²) in [4.78, 5) is 0.0955. The summed E-state index contributed by atoms with van der Waals surface area (Å²) in [6.07, 6.45) is 4.02. The quantitative estimate of drug-likeness (QED) is 0.813. The van der Waals surface area contributed by atoms with Gasteiger partial charge in [-0.25, -0.2) is 8.42 Å². The molecule has 0 spiro atoms. The van der Waals surface area contributed by atoms with Crippen LogP contribution >= 0.6 is 0 Å². The summed E-state index contributed by atoms with van der Waals surface area (Å²) < 4.78 is 26.6. The summed E-state index contributed by atoms with van der Waals surface area (Å²) in [7, 11) is -3.51. The molecule has 0 atom stereocenters. The van der Waals surface area contributed by atoms with E-state index in [1.807, 2.05) is 0 Å². The highest BCUT2D eigenvalue weighted by molar-refractivity contribution is 7.89. The lowest BCUT2D eigenvalue weighted by molar-refractivity contribution is 0.373. The molecule has 0 saturated heterocycles. The molecule has 0 amide bonds. The van der Waals surface area contributed by atoms with Crippen molar-refractivity contribution >= 4 is 15.8 Å². The monoisotopic (exact) mass is 272 g/mol. The highest BCUT2D eigenvalue weighted by atomic mass is 32.2. The minimum absolute atomic E-state index is 0.0955. The highest BCUT2D eigenvalue weighted by Gasteiger charge is 2.39. The predicted molar refractivity (Wildman–Crippen MR) is 69.4 cm³/mol. The molecule has 102 valence electrons. The molecule has 2 rings (SSSR count). The SMILES string of the molecule is CC(C)CCN(C1CC1)S(=O)(=O)c1cn[nH]c1N. The van der Waals surface area contributed by atoms with E-state index < -0.39 is 10.0 Å². The van der Waals surface area contributed by atoms with Crippen LogP contribution in [0.3, 0.4) is 0 Å². The number of anilines is 1. The molecule has 1 saturated carbocycles. The van der Waals surface area contributed by atoms with Gasteiger partial charge in [-0.2, -0.15) is 9.40 Å². The van der Waals surface area contributed by atoms with E-state index in [0.717, 1.165) is 19.3 Å². The van der Waals surface area contributed by atoms with Gasteiger partial charge in [0.1, 0.15) is 10.7 Å². The summed E-state index contributed by atoms with van der Waals surface area (Å²) in [6, 6.07) is 0.142. The van der Waals surface area contributed by atoms with Crippen LogP contribution in [-0.4, -0.2) is 35.5 Å². The van der Waals surface area contributed by atoms with Crippen LogP contribution in [0, 0.1) is 5.92 Å². The number of hydrogen-bond acceptors (Lipinski definition) is 4. The van der Waals surface area contributed by atoms with Crippen LogP contribution in [0.25, 0.3) is 0 Å². The maximum atomic E-state index is 12.5. The molecule has 18 heavy (non-hydrogen) atoms. The molecule has 1 aromatic rings. The van der Waals surface area contributed by atoms with Crippen LogP contribution in [0.1, 0.15) is 33.1 Å². The standard InChI is InChI=1S/C11H20N4O2S/c1-8(2)5-6-15(9-3-4-9)18(16,17)10-7-13-14-11(10)12/h7-9H,3-6H2,1-2H3,(H3,12,13,14). The lowest BCUT2D eigenvalue weighted by Crippen LogP contribution is -2.34. The molecule has 7 heteroatoms. The van der Waals surface area contributed by atoms with Crippen LogP contribution < -0.4 is 5.73 Å². The van der Waals surface area contributed by atoms with Crippen molar-refractivity contribution in [2.45, 2.75) is 44.0 Å². The molecule has 1 heterocycles. The summed E-state index contributed by atoms with van der Waals surface area (Å²) >= 11 is 0. The van der Waals surface area contributed by atoms with Gasteiger partial charge in [-0.1, -0.05) is 13.8 Å². The molecular formula is C11H20N4O2S. The molecule has 0 radical (unpaired) electrons. The second-order valence-electron chi connectivity index (χ2n) is 5.18. The Morgan fingerprint density at radius 3 is 2.67 bits per heavy atom. The van der Waals surface area contributed by atoms with Crippen LogP contribution in [0.15, 0.2) is 11.1 Å². The zero-order valence-corrected chi connectivity index (χ0v) is 11.6. The van der Waals surface area contributed by atoms with Gasteiger partial charge in [0.25, 0.3) is 0 Å². The third-order valence-corrected chi connectivity index (χ3v) is 5.08. The van der Waals surface area contributed by atoms with Crippen LogP contribution in [0.4, 0.5) is 5.82 Å². The van der Waals surface area contributed by atoms with Gasteiger partial charge < -0.3 is 5.73 Å². The zero-order valence-electron chi connectivity index (χ0n) is 10.8. The van der Waals surface area contributed by atoms with Crippen molar-refractivity contribution in [3.63, 3.8) is 0 Å². The van der Waals surface area contributed by atoms with E-state index in [2.05, 4.69) is 24.0 Å². The predicted octanol–water partition coefficient (Wildman–Crippen LogP) is 1.19. The second-order valence-corrected chi connectivity index (χ2v) is 7.04. The minimum atomic E-state index is -3.51. The Morgan fingerprint density at radius 2 is 2.22 bits per heavy atom. The number of nitrogens with zero attached hydrogens (tertiary/aromatic N) is 2. The number of H-pyrrole nitrogens is 1. The van der Waals surface area contributed by atoms with Gasteiger partial charge >= 0.3 is 0 Å². The topological polar surface area (TPSA) is 92.1 Å². The Balaban J connectivity index is 2.22. The van der Waals surface area contributed by atoms with E-state index in [4.69, 9.17) is 5.73 Å². The number of sulfonamides is 1. The van der Waals surface area contributed by atoms with Gasteiger partial charge in [-0.05, 0) is 25.2 Å². The fourth-order valence-electron chi connectivity index (χ4n) is 1.86. The third-order valence-electron chi connectivity index (χ3n) is 3.10. The average molecular weight is 272 g/mol. The fourth-order valence-corrected chi connectivity index (χ4v) is 3.58. The van der Waals surface area contributed by atoms with Crippen molar-refractivity contribution in [3.8, 4) is 0 Å². The Bertz CT molecular complexity index is 505. The van der Waals surface area contributed by atoms with Crippen molar-refractivity contribution in [1.82, 2.24) is 14.5 Å². The van der Waals surface area contributed by atoms with Crippen LogP contribution in [-0.2, 0) is 10.0 Å². The molecule has 1 aliphatic rings. The molecule has 3 N–H and O–H groups in total. The lowest BCUT2D eigenvalue weighted by Gasteiger charge is -2.22. The van der Waals surface area contributed by atoms with Crippen molar-refractivity contribution in [2.75, 3.05) is 12.3 Å². The fraction of sp³-hybridized carbons (Fsp3) is 0.727. The minimum Gasteiger partial charge on any atom is -0.383 e. The van der Waals surface area contributed by atoms with E-state index >= 15 is 0 Å². The first-order chi connectivity index (χ1) is 8.43. The summed E-state index contributed by atoms with van der Waals surface area (Å²) in [5, 5.41) is 6.17. The number of hydrogen-bond donors (Lipinski definition) is 2. The molecular weight excluding hydrogens is 252 g/mol. The Kier molecular flexibility index (Phi) is 3.63. The van der Waals surface area contributed by atoms with E-state index in [1.54, 1.807) is 4.31 Å². The Labute approximate surface area is 108 Å². The number of nitrogen functional groups attached to an aromatic ring is 1. The number of nitrogens with two attached hydrogens (primary N) is 1. The van der Waals surface area contributed by atoms with Crippen LogP contribution in [0.2, 0.25) is 0 Å². The third kappa shape index (κ3) is 2.67. The van der Waals surface area contributed by atoms with Gasteiger partial charge in [0.15, 0.2) is 0 Å². The van der Waals surface area contributed by atoms with Gasteiger partial charge in [0.2, 0.25) is 10.0 Å². The van der Waals surface area contributed by atoms with Crippen molar-refractivity contribution in [3.05, 3.63) is 6.20 Å². The first-order valence-corrected chi connectivity index (χ1v) is 7.67. The zero-order chi connectivity index (χ0) is 13.3. The van der Waals surface area contributed by atoms with E-state index in [1.165, 1.54) is 6.20 Å². The van der Waals surface area contributed by atoms with E-state index in [9.17, 15) is 8.42 Å². The van der Waals surface area contributed by atoms with Crippen molar-refractivity contribution in [1.29, 1.82) is 0 Å². The summed E-state index contributed by atoms with van der Waals surface area (Å²) in [5.74, 6) is 0.591. The Hall–Kier alpha value is -1.08. The van der Waals surface area contributed by atoms with Crippen LogP contribution in [0.5, 0.6) is 0 Å². The summed E-state index contributed by atoms with van der Waals surface area (Å²) in [5.41, 5.74) is 5.62. The van der Waals surface area contributed by atoms with E-state index in [-0.39, 0.29) is 16.8 Å². The molecule has 0 unspecified atom stereocenters. The van der Waals surface area contributed by atoms with Crippen molar-refractivity contribution < 1.29 is 8.42 Å². The average Bonchev–Trinajstić information content (AvgIpc) is 2.99. The first kappa shape index (κ1) is 13.4. The first-order valence-electron chi connectivity index (χ1n) is 6.23. The largest absolute Gasteiger partial charge is 0.383 e. The smallest absolute Gasteiger partial charge is 0.248 e. The molecule has 0 bridgehead atoms. The molecule has 1 aromatic heterocycles. The molecule has 0 aliphatic heterocycles. The van der Waals surface area contributed by atoms with E-state index in [0.29, 0.717) is 12.5 Å². The second kappa shape index (κ2) is 4.89. The maximum Gasteiger partial charge on any atom is 0.248 e.